The number of aromatic nitrogens is 4. The van der Waals surface area contributed by atoms with Crippen LogP contribution >= 0.6 is 15.9 Å². The summed E-state index contributed by atoms with van der Waals surface area (Å²) in [6.45, 7) is 6.22. The zero-order valence-corrected chi connectivity index (χ0v) is 15.5. The fraction of sp³-hybridized carbons (Fsp3) is 0.500. The molecule has 128 valence electrons. The lowest BCUT2D eigenvalue weighted by Crippen LogP contribution is -2.36. The lowest BCUT2D eigenvalue weighted by molar-refractivity contribution is 0.0218. The number of hydrogen-bond acceptors (Lipinski definition) is 5. The molecule has 1 fully saturated rings. The smallest absolute Gasteiger partial charge is 0.410 e. The maximum atomic E-state index is 12.4. The number of amides is 1. The van der Waals surface area contributed by atoms with Gasteiger partial charge in [0, 0.05) is 11.0 Å². The number of benzene rings is 1. The zero-order chi connectivity index (χ0) is 17.3. The highest BCUT2D eigenvalue weighted by Gasteiger charge is 2.35. The van der Waals surface area contributed by atoms with Gasteiger partial charge < -0.3 is 4.74 Å². The number of hydrogen-bond donors (Lipinski definition) is 0. The molecule has 8 heteroatoms. The van der Waals surface area contributed by atoms with Crippen LogP contribution in [0.3, 0.4) is 0 Å². The minimum atomic E-state index is -0.522. The van der Waals surface area contributed by atoms with Crippen molar-refractivity contribution in [1.29, 1.82) is 0 Å². The summed E-state index contributed by atoms with van der Waals surface area (Å²) in [5, 5.41) is 12.7. The third-order valence-corrected chi connectivity index (χ3v) is 4.14. The number of likely N-dealkylation sites (tertiary alicyclic amines) is 1. The lowest BCUT2D eigenvalue weighted by atomic mass is 10.2. The molecule has 3 rings (SSSR count). The summed E-state index contributed by atoms with van der Waals surface area (Å²) in [5.74, 6) is 0.540. The van der Waals surface area contributed by atoms with Crippen molar-refractivity contribution in [3.05, 3.63) is 34.6 Å². The van der Waals surface area contributed by atoms with Gasteiger partial charge in [0.05, 0.1) is 11.7 Å². The SMILES string of the molecule is CC(C)(C)OC(=O)N1CCCC1c1nnn(-c2cccc(Br)c2)n1. The quantitative estimate of drug-likeness (QED) is 0.780. The van der Waals surface area contributed by atoms with Crippen molar-refractivity contribution >= 4 is 22.0 Å². The van der Waals surface area contributed by atoms with Gasteiger partial charge in [0.2, 0.25) is 0 Å². The summed E-state index contributed by atoms with van der Waals surface area (Å²) in [6.07, 6.45) is 1.38. The van der Waals surface area contributed by atoms with Gasteiger partial charge in [-0.1, -0.05) is 22.0 Å². The molecular weight excluding hydrogens is 374 g/mol. The molecule has 1 aliphatic heterocycles. The number of rotatable bonds is 2. The van der Waals surface area contributed by atoms with Gasteiger partial charge in [0.1, 0.15) is 5.60 Å². The van der Waals surface area contributed by atoms with Crippen molar-refractivity contribution in [2.45, 2.75) is 45.3 Å². The third kappa shape index (κ3) is 3.75. The van der Waals surface area contributed by atoms with Crippen LogP contribution in [0.2, 0.25) is 0 Å². The number of nitrogens with zero attached hydrogens (tertiary/aromatic N) is 5. The number of tetrazole rings is 1. The fourth-order valence-corrected chi connectivity index (χ4v) is 3.03. The molecule has 2 aromatic rings. The van der Waals surface area contributed by atoms with E-state index in [9.17, 15) is 4.79 Å². The van der Waals surface area contributed by atoms with E-state index in [0.717, 1.165) is 23.0 Å². The predicted octanol–water partition coefficient (Wildman–Crippen LogP) is 3.50. The van der Waals surface area contributed by atoms with E-state index in [1.54, 1.807) is 4.90 Å². The van der Waals surface area contributed by atoms with Crippen molar-refractivity contribution in [2.24, 2.45) is 0 Å². The number of halogens is 1. The van der Waals surface area contributed by atoms with E-state index < -0.39 is 5.60 Å². The lowest BCUT2D eigenvalue weighted by Gasteiger charge is -2.27. The standard InChI is InChI=1S/C16H20BrN5O2/c1-16(2,3)24-15(23)21-9-5-8-13(21)14-18-20-22(19-14)12-7-4-6-11(17)10-12/h4,6-7,10,13H,5,8-9H2,1-3H3. The van der Waals surface area contributed by atoms with Gasteiger partial charge in [-0.15, -0.1) is 15.0 Å². The molecule has 0 bridgehead atoms. The highest BCUT2D eigenvalue weighted by Crippen LogP contribution is 2.31. The van der Waals surface area contributed by atoms with E-state index in [0.29, 0.717) is 12.4 Å². The van der Waals surface area contributed by atoms with Crippen LogP contribution in [0, 0.1) is 0 Å². The molecule has 2 heterocycles. The maximum Gasteiger partial charge on any atom is 0.410 e. The minimum Gasteiger partial charge on any atom is -0.444 e. The van der Waals surface area contributed by atoms with E-state index in [1.165, 1.54) is 4.80 Å². The maximum absolute atomic E-state index is 12.4. The van der Waals surface area contributed by atoms with E-state index >= 15 is 0 Å². The first kappa shape index (κ1) is 16.9. The molecule has 1 unspecified atom stereocenters. The minimum absolute atomic E-state index is 0.194. The van der Waals surface area contributed by atoms with E-state index in [-0.39, 0.29) is 12.1 Å². The van der Waals surface area contributed by atoms with Gasteiger partial charge >= 0.3 is 6.09 Å². The van der Waals surface area contributed by atoms with Crippen LogP contribution in [0.15, 0.2) is 28.7 Å². The molecule has 1 atom stereocenters. The van der Waals surface area contributed by atoms with Crippen molar-refractivity contribution in [1.82, 2.24) is 25.1 Å². The van der Waals surface area contributed by atoms with E-state index in [4.69, 9.17) is 4.74 Å². The first-order chi connectivity index (χ1) is 11.3. The number of carbonyl (C=O) groups is 1. The number of ether oxygens (including phenoxy) is 1. The van der Waals surface area contributed by atoms with Crippen LogP contribution in [-0.4, -0.2) is 43.3 Å². The molecule has 7 nitrogen and oxygen atoms in total. The molecular formula is C16H20BrN5O2. The van der Waals surface area contributed by atoms with Gasteiger partial charge in [-0.3, -0.25) is 4.90 Å². The van der Waals surface area contributed by atoms with Gasteiger partial charge in [-0.05, 0) is 57.0 Å². The van der Waals surface area contributed by atoms with Crippen molar-refractivity contribution in [3.63, 3.8) is 0 Å². The molecule has 1 aromatic heterocycles. The van der Waals surface area contributed by atoms with Crippen molar-refractivity contribution in [3.8, 4) is 5.69 Å². The zero-order valence-electron chi connectivity index (χ0n) is 13.9. The second-order valence-electron chi connectivity index (χ2n) is 6.75. The summed E-state index contributed by atoms with van der Waals surface area (Å²) < 4.78 is 6.42. The second kappa shape index (κ2) is 6.51. The number of carbonyl (C=O) groups excluding carboxylic acids is 1. The van der Waals surface area contributed by atoms with Crippen LogP contribution in [0.1, 0.15) is 45.5 Å². The summed E-state index contributed by atoms with van der Waals surface area (Å²) in [6, 6.07) is 7.45. The Hall–Kier alpha value is -1.96. The molecule has 1 amide bonds. The van der Waals surface area contributed by atoms with Gasteiger partial charge in [0.15, 0.2) is 5.82 Å². The molecule has 0 saturated carbocycles. The third-order valence-electron chi connectivity index (χ3n) is 3.65. The van der Waals surface area contributed by atoms with Crippen LogP contribution in [-0.2, 0) is 4.74 Å². The molecule has 1 aliphatic rings. The molecule has 0 radical (unpaired) electrons. The molecule has 0 aliphatic carbocycles. The Morgan fingerprint density at radius 2 is 2.17 bits per heavy atom. The molecule has 0 spiro atoms. The molecule has 24 heavy (non-hydrogen) atoms. The fourth-order valence-electron chi connectivity index (χ4n) is 2.64. The predicted molar refractivity (Wildman–Crippen MR) is 91.8 cm³/mol. The first-order valence-corrected chi connectivity index (χ1v) is 8.68. The first-order valence-electron chi connectivity index (χ1n) is 7.89. The Labute approximate surface area is 149 Å². The van der Waals surface area contributed by atoms with Gasteiger partial charge in [-0.2, -0.15) is 0 Å². The highest BCUT2D eigenvalue weighted by atomic mass is 79.9. The van der Waals surface area contributed by atoms with Gasteiger partial charge in [-0.25, -0.2) is 4.79 Å². The molecule has 1 aromatic carbocycles. The average molecular weight is 394 g/mol. The van der Waals surface area contributed by atoms with Gasteiger partial charge in [0.25, 0.3) is 0 Å². The highest BCUT2D eigenvalue weighted by molar-refractivity contribution is 9.10. The summed E-state index contributed by atoms with van der Waals surface area (Å²) in [7, 11) is 0. The van der Waals surface area contributed by atoms with Crippen LogP contribution in [0.5, 0.6) is 0 Å². The summed E-state index contributed by atoms with van der Waals surface area (Å²) >= 11 is 3.43. The topological polar surface area (TPSA) is 73.1 Å². The van der Waals surface area contributed by atoms with Crippen LogP contribution in [0.4, 0.5) is 4.79 Å². The van der Waals surface area contributed by atoms with E-state index in [1.807, 2.05) is 45.0 Å². The Kier molecular flexibility index (Phi) is 4.58. The summed E-state index contributed by atoms with van der Waals surface area (Å²) in [4.78, 5) is 15.5. The summed E-state index contributed by atoms with van der Waals surface area (Å²) in [5.41, 5.74) is 0.288. The van der Waals surface area contributed by atoms with E-state index in [2.05, 4.69) is 31.3 Å². The Balaban J connectivity index is 1.80. The van der Waals surface area contributed by atoms with Crippen LogP contribution in [0.25, 0.3) is 5.69 Å². The second-order valence-corrected chi connectivity index (χ2v) is 7.66. The Bertz CT molecular complexity index is 740. The van der Waals surface area contributed by atoms with Crippen molar-refractivity contribution < 1.29 is 9.53 Å². The van der Waals surface area contributed by atoms with Crippen LogP contribution < -0.4 is 0 Å². The molecule has 1 saturated heterocycles. The average Bonchev–Trinajstić information content (AvgIpc) is 3.14. The Morgan fingerprint density at radius 3 is 2.88 bits per heavy atom. The Morgan fingerprint density at radius 1 is 1.38 bits per heavy atom. The monoisotopic (exact) mass is 393 g/mol. The van der Waals surface area contributed by atoms with Crippen molar-refractivity contribution in [2.75, 3.05) is 6.54 Å². The normalized spacial score (nSPS) is 18.0. The largest absolute Gasteiger partial charge is 0.444 e. The molecule has 0 N–H and O–H groups in total.